The van der Waals surface area contributed by atoms with Crippen molar-refractivity contribution in [2.45, 2.75) is 71.1 Å². The second-order valence-electron chi connectivity index (χ2n) is 9.41. The second kappa shape index (κ2) is 16.7. The minimum atomic E-state index is -0.547. The molecule has 0 bridgehead atoms. The lowest BCUT2D eigenvalue weighted by Crippen LogP contribution is -2.08. The normalized spacial score (nSPS) is 10.9. The highest BCUT2D eigenvalue weighted by Gasteiger charge is 2.11. The number of carbonyl (C=O) groups is 1. The van der Waals surface area contributed by atoms with Crippen molar-refractivity contribution in [3.8, 4) is 17.6 Å². The van der Waals surface area contributed by atoms with Crippen LogP contribution >= 0.6 is 0 Å². The topological polar surface area (TPSA) is 84.0 Å². The average Bonchev–Trinajstić information content (AvgIpc) is 2.95. The maximum Gasteiger partial charge on any atom is 0.343 e. The van der Waals surface area contributed by atoms with E-state index in [1.165, 1.54) is 87.8 Å². The minimum Gasteiger partial charge on any atom is -0.494 e. The molecule has 0 heterocycles. The van der Waals surface area contributed by atoms with E-state index in [-0.39, 0.29) is 17.0 Å². The van der Waals surface area contributed by atoms with Gasteiger partial charge in [-0.3, -0.25) is 0 Å². The van der Waals surface area contributed by atoms with Gasteiger partial charge >= 0.3 is 5.97 Å². The predicted octanol–water partition coefficient (Wildman–Crippen LogP) is 9.63. The number of nitrogens with zero attached hydrogens (tertiary/aromatic N) is 3. The number of ether oxygens (including phenoxy) is 2. The number of unbranched alkanes of at least 4 members (excludes halogenated alkanes) is 9. The third-order valence-corrected chi connectivity index (χ3v) is 6.24. The lowest BCUT2D eigenvalue weighted by molar-refractivity contribution is 0.0734. The zero-order valence-electron chi connectivity index (χ0n) is 22.6. The highest BCUT2D eigenvalue weighted by Crippen LogP contribution is 2.27. The fourth-order valence-electron chi connectivity index (χ4n) is 4.04. The Hall–Kier alpha value is -4.05. The smallest absolute Gasteiger partial charge is 0.343 e. The number of rotatable bonds is 16. The van der Waals surface area contributed by atoms with Crippen molar-refractivity contribution in [1.29, 1.82) is 5.26 Å². The number of carbonyl (C=O) groups excluding carboxylic acids is 1. The number of halogens is 1. The van der Waals surface area contributed by atoms with E-state index in [9.17, 15) is 14.4 Å². The number of hydrogen-bond acceptors (Lipinski definition) is 6. The van der Waals surface area contributed by atoms with Crippen molar-refractivity contribution < 1.29 is 18.7 Å². The molecule has 0 N–H and O–H groups in total. The summed E-state index contributed by atoms with van der Waals surface area (Å²) in [6.07, 6.45) is 12.8. The van der Waals surface area contributed by atoms with Gasteiger partial charge in [0.25, 0.3) is 0 Å². The summed E-state index contributed by atoms with van der Waals surface area (Å²) < 4.78 is 24.6. The quantitative estimate of drug-likeness (QED) is 0.0800. The van der Waals surface area contributed by atoms with Crippen LogP contribution in [0.2, 0.25) is 0 Å². The largest absolute Gasteiger partial charge is 0.494 e. The molecule has 0 aromatic heterocycles. The first-order valence-electron chi connectivity index (χ1n) is 13.8. The van der Waals surface area contributed by atoms with Gasteiger partial charge in [-0.2, -0.15) is 10.4 Å². The number of benzene rings is 3. The lowest BCUT2D eigenvalue weighted by Gasteiger charge is -2.08. The molecular formula is C32H36FN3O3. The zero-order valence-corrected chi connectivity index (χ0v) is 22.6. The molecule has 7 heteroatoms. The number of nitriles is 1. The Balaban J connectivity index is 1.41. The lowest BCUT2D eigenvalue weighted by atomic mass is 10.1. The Morgan fingerprint density at radius 3 is 2.15 bits per heavy atom. The molecule has 204 valence electrons. The molecule has 3 aromatic rings. The van der Waals surface area contributed by atoms with E-state index < -0.39 is 11.8 Å². The Labute approximate surface area is 230 Å². The molecular weight excluding hydrogens is 493 g/mol. The molecule has 6 nitrogen and oxygen atoms in total. The van der Waals surface area contributed by atoms with Gasteiger partial charge in [0.1, 0.15) is 29.1 Å². The molecule has 0 saturated heterocycles. The van der Waals surface area contributed by atoms with Crippen molar-refractivity contribution in [2.75, 3.05) is 6.61 Å². The van der Waals surface area contributed by atoms with Gasteiger partial charge in [0.2, 0.25) is 0 Å². The fourth-order valence-corrected chi connectivity index (χ4v) is 4.04. The van der Waals surface area contributed by atoms with Gasteiger partial charge < -0.3 is 9.47 Å². The number of hydrogen-bond donors (Lipinski definition) is 0. The molecule has 39 heavy (non-hydrogen) atoms. The Morgan fingerprint density at radius 1 is 0.821 bits per heavy atom. The molecule has 0 fully saturated rings. The van der Waals surface area contributed by atoms with Gasteiger partial charge in [-0.25, -0.2) is 9.18 Å². The van der Waals surface area contributed by atoms with Crippen LogP contribution < -0.4 is 9.47 Å². The average molecular weight is 530 g/mol. The first-order chi connectivity index (χ1) is 19.1. The van der Waals surface area contributed by atoms with Crippen LogP contribution in [0.25, 0.3) is 0 Å². The summed E-state index contributed by atoms with van der Waals surface area (Å²) >= 11 is 0. The third-order valence-electron chi connectivity index (χ3n) is 6.24. The van der Waals surface area contributed by atoms with Crippen LogP contribution in [0.15, 0.2) is 77.0 Å². The highest BCUT2D eigenvalue weighted by molar-refractivity contribution is 5.91. The zero-order chi connectivity index (χ0) is 27.7. The molecule has 0 amide bonds. The maximum absolute atomic E-state index is 13.3. The van der Waals surface area contributed by atoms with Crippen molar-refractivity contribution in [2.24, 2.45) is 10.2 Å². The van der Waals surface area contributed by atoms with Crippen molar-refractivity contribution >= 4 is 17.3 Å². The van der Waals surface area contributed by atoms with Gasteiger partial charge in [0.05, 0.1) is 23.4 Å². The van der Waals surface area contributed by atoms with Gasteiger partial charge in [-0.15, -0.1) is 5.11 Å². The molecule has 0 radical (unpaired) electrons. The molecule has 3 aromatic carbocycles. The van der Waals surface area contributed by atoms with E-state index in [2.05, 4.69) is 17.2 Å². The van der Waals surface area contributed by atoms with Crippen LogP contribution in [-0.2, 0) is 0 Å². The van der Waals surface area contributed by atoms with Crippen molar-refractivity contribution in [1.82, 2.24) is 0 Å². The van der Waals surface area contributed by atoms with Crippen LogP contribution in [0.4, 0.5) is 15.8 Å². The summed E-state index contributed by atoms with van der Waals surface area (Å²) in [7, 11) is 0. The molecule has 0 atom stereocenters. The molecule has 0 unspecified atom stereocenters. The van der Waals surface area contributed by atoms with Gasteiger partial charge in [0, 0.05) is 12.1 Å². The predicted molar refractivity (Wildman–Crippen MR) is 150 cm³/mol. The molecule has 0 aliphatic carbocycles. The Kier molecular flexibility index (Phi) is 12.7. The Bertz CT molecular complexity index is 1250. The van der Waals surface area contributed by atoms with Gasteiger partial charge in [-0.05, 0) is 55.0 Å². The summed E-state index contributed by atoms with van der Waals surface area (Å²) in [6.45, 7) is 2.90. The SMILES string of the molecule is CCCCCCCCCCCCOc1ccc(C(=O)Oc2ccc(N=Nc3cccc(F)c3)c(C#N)c2)cc1. The van der Waals surface area contributed by atoms with E-state index in [0.717, 1.165) is 12.8 Å². The van der Waals surface area contributed by atoms with E-state index in [0.29, 0.717) is 23.6 Å². The van der Waals surface area contributed by atoms with Crippen LogP contribution in [0.5, 0.6) is 11.5 Å². The molecule has 0 aliphatic rings. The summed E-state index contributed by atoms with van der Waals surface area (Å²) in [5.41, 5.74) is 1.15. The van der Waals surface area contributed by atoms with E-state index in [1.807, 2.05) is 6.07 Å². The maximum atomic E-state index is 13.3. The second-order valence-corrected chi connectivity index (χ2v) is 9.41. The Morgan fingerprint density at radius 2 is 1.49 bits per heavy atom. The summed E-state index contributed by atoms with van der Waals surface area (Å²) in [6, 6.07) is 19.0. The standard InChI is InChI=1S/C32H36FN3O3/c1-2-3-4-5-6-7-8-9-10-11-21-38-29-17-15-25(16-18-29)32(37)39-30-19-20-31(26(22-30)24-34)36-35-28-14-12-13-27(33)23-28/h12-20,22-23H,2-11,21H2,1H3. The van der Waals surface area contributed by atoms with Crippen molar-refractivity contribution in [3.63, 3.8) is 0 Å². The van der Waals surface area contributed by atoms with Crippen LogP contribution in [0, 0.1) is 17.1 Å². The monoisotopic (exact) mass is 529 g/mol. The highest BCUT2D eigenvalue weighted by atomic mass is 19.1. The van der Waals surface area contributed by atoms with E-state index in [1.54, 1.807) is 30.3 Å². The van der Waals surface area contributed by atoms with Crippen LogP contribution in [-0.4, -0.2) is 12.6 Å². The summed E-state index contributed by atoms with van der Waals surface area (Å²) in [4.78, 5) is 12.6. The van der Waals surface area contributed by atoms with Gasteiger partial charge in [0.15, 0.2) is 0 Å². The van der Waals surface area contributed by atoms with Crippen molar-refractivity contribution in [3.05, 3.63) is 83.7 Å². The summed E-state index contributed by atoms with van der Waals surface area (Å²) in [5, 5.41) is 17.5. The first kappa shape index (κ1) is 29.5. The molecule has 0 spiro atoms. The minimum absolute atomic E-state index is 0.177. The number of esters is 1. The first-order valence-corrected chi connectivity index (χ1v) is 13.8. The molecule has 3 rings (SSSR count). The molecule has 0 aliphatic heterocycles. The third kappa shape index (κ3) is 10.7. The fraction of sp³-hybridized carbons (Fsp3) is 0.375. The van der Waals surface area contributed by atoms with Crippen LogP contribution in [0.1, 0.15) is 87.1 Å². The number of azo groups is 1. The summed E-state index contributed by atoms with van der Waals surface area (Å²) in [5.74, 6) is -0.0537. The van der Waals surface area contributed by atoms with E-state index >= 15 is 0 Å². The molecule has 0 saturated carbocycles. The van der Waals surface area contributed by atoms with Crippen LogP contribution in [0.3, 0.4) is 0 Å². The van der Waals surface area contributed by atoms with E-state index in [4.69, 9.17) is 9.47 Å². The van der Waals surface area contributed by atoms with Gasteiger partial charge in [-0.1, -0.05) is 70.8 Å².